The smallest absolute Gasteiger partial charge is 0.407 e. The van der Waals surface area contributed by atoms with Crippen molar-refractivity contribution in [3.8, 4) is 0 Å². The molecule has 3 N–H and O–H groups in total. The summed E-state index contributed by atoms with van der Waals surface area (Å²) < 4.78 is 0.816. The van der Waals surface area contributed by atoms with Crippen LogP contribution in [0.5, 0.6) is 0 Å². The highest BCUT2D eigenvalue weighted by atomic mass is 79.9. The molecule has 7 heteroatoms. The van der Waals surface area contributed by atoms with E-state index in [2.05, 4.69) is 20.9 Å². The van der Waals surface area contributed by atoms with Crippen LogP contribution in [-0.4, -0.2) is 39.7 Å². The Labute approximate surface area is 105 Å². The predicted molar refractivity (Wildman–Crippen MR) is 64.6 cm³/mol. The Hall–Kier alpha value is -0.660. The second-order valence-corrected chi connectivity index (χ2v) is 5.93. The molecule has 1 saturated heterocycles. The third-order valence-corrected chi connectivity index (χ3v) is 4.20. The van der Waals surface area contributed by atoms with Crippen LogP contribution in [0.1, 0.15) is 12.1 Å². The van der Waals surface area contributed by atoms with Crippen molar-refractivity contribution in [2.75, 3.05) is 6.54 Å². The number of aromatic nitrogens is 1. The number of hydrogen-bond donors (Lipinski definition) is 2. The zero-order valence-corrected chi connectivity index (χ0v) is 10.9. The highest BCUT2D eigenvalue weighted by molar-refractivity contribution is 9.11. The van der Waals surface area contributed by atoms with Gasteiger partial charge in [0.25, 0.3) is 0 Å². The van der Waals surface area contributed by atoms with Crippen LogP contribution in [0.2, 0.25) is 0 Å². The summed E-state index contributed by atoms with van der Waals surface area (Å²) in [5.41, 5.74) is 6.81. The summed E-state index contributed by atoms with van der Waals surface area (Å²) in [7, 11) is 0. The molecule has 0 bridgehead atoms. The number of nitrogens with zero attached hydrogens (tertiary/aromatic N) is 2. The van der Waals surface area contributed by atoms with Gasteiger partial charge in [0.15, 0.2) is 3.92 Å². The number of amides is 1. The number of rotatable bonds is 2. The monoisotopic (exact) mass is 305 g/mol. The number of halogens is 1. The number of hydrogen-bond acceptors (Lipinski definition) is 4. The third-order valence-electron chi connectivity index (χ3n) is 2.79. The summed E-state index contributed by atoms with van der Waals surface area (Å²) in [6.07, 6.45) is 0.421. The van der Waals surface area contributed by atoms with Crippen molar-refractivity contribution in [3.63, 3.8) is 0 Å². The third kappa shape index (κ3) is 2.36. The molecule has 0 radical (unpaired) electrons. The Morgan fingerprint density at radius 2 is 2.56 bits per heavy atom. The molecule has 1 amide bonds. The minimum Gasteiger partial charge on any atom is -0.465 e. The van der Waals surface area contributed by atoms with Crippen LogP contribution in [0, 0.1) is 0 Å². The van der Waals surface area contributed by atoms with Crippen LogP contribution in [-0.2, 0) is 6.42 Å². The molecule has 0 aliphatic carbocycles. The number of likely N-dealkylation sites (tertiary alicyclic amines) is 1. The fraction of sp³-hybridized carbons (Fsp3) is 0.556. The van der Waals surface area contributed by atoms with Gasteiger partial charge in [-0.2, -0.15) is 0 Å². The molecule has 1 aromatic rings. The first kappa shape index (κ1) is 11.8. The molecule has 5 nitrogen and oxygen atoms in total. The average molecular weight is 306 g/mol. The van der Waals surface area contributed by atoms with E-state index in [0.717, 1.165) is 16.0 Å². The van der Waals surface area contributed by atoms with Gasteiger partial charge >= 0.3 is 6.09 Å². The van der Waals surface area contributed by atoms with E-state index in [1.807, 2.05) is 5.38 Å². The van der Waals surface area contributed by atoms with Gasteiger partial charge in [-0.1, -0.05) is 0 Å². The number of thiazole rings is 1. The van der Waals surface area contributed by atoms with Crippen molar-refractivity contribution >= 4 is 33.4 Å². The zero-order chi connectivity index (χ0) is 11.7. The molecule has 88 valence electrons. The van der Waals surface area contributed by atoms with Gasteiger partial charge in [-0.25, -0.2) is 9.78 Å². The van der Waals surface area contributed by atoms with E-state index in [1.54, 1.807) is 0 Å². The predicted octanol–water partition coefficient (Wildman–Crippen LogP) is 1.53. The van der Waals surface area contributed by atoms with E-state index >= 15 is 0 Å². The molecule has 2 rings (SSSR count). The minimum absolute atomic E-state index is 0.0865. The molecule has 2 unspecified atom stereocenters. The summed E-state index contributed by atoms with van der Waals surface area (Å²) in [6, 6.07) is -0.233. The molecule has 0 saturated carbocycles. The molecule has 1 aromatic heterocycles. The molecule has 0 spiro atoms. The first-order chi connectivity index (χ1) is 7.58. The van der Waals surface area contributed by atoms with E-state index in [0.29, 0.717) is 13.0 Å². The maximum absolute atomic E-state index is 11.0. The highest BCUT2D eigenvalue weighted by Gasteiger charge is 2.35. The fourth-order valence-corrected chi connectivity index (χ4v) is 3.03. The van der Waals surface area contributed by atoms with Crippen LogP contribution in [0.4, 0.5) is 4.79 Å². The first-order valence-electron chi connectivity index (χ1n) is 4.93. The summed E-state index contributed by atoms with van der Waals surface area (Å²) in [5.74, 6) is 0. The molecule has 0 aromatic carbocycles. The summed E-state index contributed by atoms with van der Waals surface area (Å²) in [5, 5.41) is 11.0. The average Bonchev–Trinajstić information content (AvgIpc) is 2.76. The zero-order valence-electron chi connectivity index (χ0n) is 8.47. The lowest BCUT2D eigenvalue weighted by Crippen LogP contribution is -2.43. The molecule has 1 aliphatic heterocycles. The van der Waals surface area contributed by atoms with Crippen molar-refractivity contribution < 1.29 is 9.90 Å². The normalized spacial score (nSPS) is 25.0. The Kier molecular flexibility index (Phi) is 3.46. The second kappa shape index (κ2) is 4.68. The largest absolute Gasteiger partial charge is 0.465 e. The Balaban J connectivity index is 2.09. The van der Waals surface area contributed by atoms with Gasteiger partial charge in [0, 0.05) is 24.4 Å². The number of carboxylic acid groups (broad SMARTS) is 1. The van der Waals surface area contributed by atoms with E-state index in [4.69, 9.17) is 10.8 Å². The molecule has 2 heterocycles. The number of nitrogens with two attached hydrogens (primary N) is 1. The van der Waals surface area contributed by atoms with E-state index < -0.39 is 6.09 Å². The summed E-state index contributed by atoms with van der Waals surface area (Å²) >= 11 is 4.78. The van der Waals surface area contributed by atoms with Gasteiger partial charge in [0.2, 0.25) is 0 Å². The highest BCUT2D eigenvalue weighted by Crippen LogP contribution is 2.23. The van der Waals surface area contributed by atoms with Crippen molar-refractivity contribution in [1.29, 1.82) is 0 Å². The lowest BCUT2D eigenvalue weighted by atomic mass is 10.1. The quantitative estimate of drug-likeness (QED) is 0.868. The topological polar surface area (TPSA) is 79.5 Å². The Morgan fingerprint density at radius 3 is 3.12 bits per heavy atom. The van der Waals surface area contributed by atoms with Gasteiger partial charge in [0.05, 0.1) is 11.7 Å². The maximum Gasteiger partial charge on any atom is 0.407 e. The van der Waals surface area contributed by atoms with Gasteiger partial charge in [0.1, 0.15) is 0 Å². The molecular formula is C9H12BrN3O2S. The van der Waals surface area contributed by atoms with Gasteiger partial charge in [-0.05, 0) is 22.4 Å². The van der Waals surface area contributed by atoms with Gasteiger partial charge < -0.3 is 15.7 Å². The lowest BCUT2D eigenvalue weighted by Gasteiger charge is -2.23. The van der Waals surface area contributed by atoms with Crippen molar-refractivity contribution in [1.82, 2.24) is 9.88 Å². The molecular weight excluding hydrogens is 294 g/mol. The number of carbonyl (C=O) groups is 1. The van der Waals surface area contributed by atoms with Crippen LogP contribution in [0.3, 0.4) is 0 Å². The standard InChI is InChI=1S/C9H12BrN3O2S/c10-8-12-5(4-16-8)3-7-6(11)1-2-13(7)9(14)15/h4,6-7H,1-3,11H2,(H,14,15). The van der Waals surface area contributed by atoms with Crippen LogP contribution >= 0.6 is 27.3 Å². The SMILES string of the molecule is NC1CCN(C(=O)O)C1Cc1csc(Br)n1. The van der Waals surface area contributed by atoms with Gasteiger partial charge in [-0.15, -0.1) is 11.3 Å². The van der Waals surface area contributed by atoms with E-state index in [9.17, 15) is 4.79 Å². The van der Waals surface area contributed by atoms with Crippen molar-refractivity contribution in [2.24, 2.45) is 5.73 Å². The lowest BCUT2D eigenvalue weighted by molar-refractivity contribution is 0.138. The molecule has 16 heavy (non-hydrogen) atoms. The van der Waals surface area contributed by atoms with Crippen molar-refractivity contribution in [3.05, 3.63) is 15.0 Å². The molecule has 1 aliphatic rings. The molecule has 2 atom stereocenters. The maximum atomic E-state index is 11.0. The second-order valence-electron chi connectivity index (χ2n) is 3.79. The minimum atomic E-state index is -0.896. The van der Waals surface area contributed by atoms with E-state index in [1.165, 1.54) is 16.2 Å². The molecule has 1 fully saturated rings. The van der Waals surface area contributed by atoms with Crippen molar-refractivity contribution in [2.45, 2.75) is 24.9 Å². The van der Waals surface area contributed by atoms with Crippen LogP contribution in [0.15, 0.2) is 9.30 Å². The first-order valence-corrected chi connectivity index (χ1v) is 6.60. The van der Waals surface area contributed by atoms with Crippen LogP contribution in [0.25, 0.3) is 0 Å². The summed E-state index contributed by atoms with van der Waals surface area (Å²) in [4.78, 5) is 16.7. The Morgan fingerprint density at radius 1 is 1.81 bits per heavy atom. The summed E-state index contributed by atoms with van der Waals surface area (Å²) in [6.45, 7) is 0.520. The van der Waals surface area contributed by atoms with E-state index in [-0.39, 0.29) is 12.1 Å². The van der Waals surface area contributed by atoms with Crippen LogP contribution < -0.4 is 5.73 Å². The Bertz CT molecular complexity index is 398. The fourth-order valence-electron chi connectivity index (χ4n) is 1.97. The van der Waals surface area contributed by atoms with Gasteiger partial charge in [-0.3, -0.25) is 0 Å².